The topological polar surface area (TPSA) is 46.1 Å². The van der Waals surface area contributed by atoms with Gasteiger partial charge in [0.05, 0.1) is 0 Å². The van der Waals surface area contributed by atoms with Crippen molar-refractivity contribution in [1.29, 1.82) is 0 Å². The molecular weight excluding hydrogens is 128 g/mol. The van der Waals surface area contributed by atoms with Crippen molar-refractivity contribution in [2.45, 2.75) is 38.9 Å². The Kier molecular flexibility index (Phi) is 4.38. The van der Waals surface area contributed by atoms with Crippen LogP contribution in [-0.2, 0) is 0 Å². The van der Waals surface area contributed by atoms with E-state index in [1.807, 2.05) is 0 Å². The van der Waals surface area contributed by atoms with Crippen molar-refractivity contribution < 1.29 is 10.2 Å². The number of hydrogen-bond donors (Lipinski definition) is 0. The SMILES string of the molecule is CC(C)([O-])C(C)(C)[O-].[Mg+2]. The van der Waals surface area contributed by atoms with Gasteiger partial charge in [0.2, 0.25) is 0 Å². The molecule has 50 valence electrons. The molecule has 0 bridgehead atoms. The molecule has 3 heteroatoms. The molecule has 0 radical (unpaired) electrons. The Morgan fingerprint density at radius 1 is 0.778 bits per heavy atom. The molecule has 0 saturated carbocycles. The average molecular weight is 140 g/mol. The van der Waals surface area contributed by atoms with Gasteiger partial charge in [-0.1, -0.05) is 27.7 Å². The molecule has 0 amide bonds. The Morgan fingerprint density at radius 3 is 0.889 bits per heavy atom. The van der Waals surface area contributed by atoms with Crippen LogP contribution >= 0.6 is 0 Å². The van der Waals surface area contributed by atoms with Crippen LogP contribution in [0.4, 0.5) is 0 Å². The third-order valence-corrected chi connectivity index (χ3v) is 1.45. The Hall–Kier alpha value is 0.686. The summed E-state index contributed by atoms with van der Waals surface area (Å²) in [7, 11) is 0. The largest absolute Gasteiger partial charge is 2.00 e. The van der Waals surface area contributed by atoms with E-state index in [4.69, 9.17) is 0 Å². The van der Waals surface area contributed by atoms with Crippen LogP contribution in [0.1, 0.15) is 27.7 Å². The minimum Gasteiger partial charge on any atom is -0.850 e. The molecule has 2 nitrogen and oxygen atoms in total. The monoisotopic (exact) mass is 140 g/mol. The molecule has 0 N–H and O–H groups in total. The van der Waals surface area contributed by atoms with E-state index < -0.39 is 11.2 Å². The third kappa shape index (κ3) is 4.14. The fourth-order valence-corrected chi connectivity index (χ4v) is 0. The normalized spacial score (nSPS) is 12.7. The minimum atomic E-state index is -1.37. The minimum absolute atomic E-state index is 0. The standard InChI is InChI=1S/C6H12O2.Mg/c1-5(2,7)6(3,4)8;/h1-4H3;/q-2;+2. The summed E-state index contributed by atoms with van der Waals surface area (Å²) in [6, 6.07) is 0. The molecule has 0 aromatic carbocycles. The van der Waals surface area contributed by atoms with Gasteiger partial charge >= 0.3 is 23.1 Å². The van der Waals surface area contributed by atoms with Crippen LogP contribution < -0.4 is 10.2 Å². The van der Waals surface area contributed by atoms with Crippen molar-refractivity contribution >= 4 is 23.1 Å². The van der Waals surface area contributed by atoms with Crippen molar-refractivity contribution in [3.05, 3.63) is 0 Å². The van der Waals surface area contributed by atoms with Crippen LogP contribution in [0, 0.1) is 0 Å². The first kappa shape index (κ1) is 12.4. The smallest absolute Gasteiger partial charge is 0.850 e. The second-order valence-corrected chi connectivity index (χ2v) is 3.02. The first-order valence-electron chi connectivity index (χ1n) is 2.66. The summed E-state index contributed by atoms with van der Waals surface area (Å²) in [6.07, 6.45) is 0. The molecule has 0 aromatic heterocycles. The Bertz CT molecular complexity index is 66.0. The molecular formula is C6H12MgO2. The van der Waals surface area contributed by atoms with Gasteiger partial charge in [-0.2, -0.15) is 0 Å². The first-order chi connectivity index (χ1) is 3.25. The molecule has 0 fully saturated rings. The predicted molar refractivity (Wildman–Crippen MR) is 33.9 cm³/mol. The number of hydrogen-bond acceptors (Lipinski definition) is 2. The van der Waals surface area contributed by atoms with Gasteiger partial charge in [0, 0.05) is 0 Å². The van der Waals surface area contributed by atoms with Crippen LogP contribution in [0.15, 0.2) is 0 Å². The van der Waals surface area contributed by atoms with Gasteiger partial charge in [-0.15, -0.1) is 11.2 Å². The fourth-order valence-electron chi connectivity index (χ4n) is 0. The summed E-state index contributed by atoms with van der Waals surface area (Å²) < 4.78 is 0. The molecule has 0 unspecified atom stereocenters. The predicted octanol–water partition coefficient (Wildman–Crippen LogP) is -1.12. The molecule has 0 aliphatic heterocycles. The van der Waals surface area contributed by atoms with Gasteiger partial charge in [-0.05, 0) is 0 Å². The van der Waals surface area contributed by atoms with Crippen molar-refractivity contribution in [2.24, 2.45) is 0 Å². The zero-order valence-electron chi connectivity index (χ0n) is 6.52. The summed E-state index contributed by atoms with van der Waals surface area (Å²) in [6.45, 7) is 5.61. The molecule has 0 rings (SSSR count). The van der Waals surface area contributed by atoms with Crippen molar-refractivity contribution in [1.82, 2.24) is 0 Å². The third-order valence-electron chi connectivity index (χ3n) is 1.45. The second-order valence-electron chi connectivity index (χ2n) is 3.02. The quantitative estimate of drug-likeness (QED) is 0.434. The Labute approximate surface area is 72.4 Å². The van der Waals surface area contributed by atoms with E-state index in [9.17, 15) is 10.2 Å². The first-order valence-corrected chi connectivity index (χ1v) is 2.66. The second kappa shape index (κ2) is 3.19. The van der Waals surface area contributed by atoms with E-state index in [0.717, 1.165) is 0 Å². The fraction of sp³-hybridized carbons (Fsp3) is 1.00. The van der Waals surface area contributed by atoms with Crippen LogP contribution in [0.2, 0.25) is 0 Å². The summed E-state index contributed by atoms with van der Waals surface area (Å²) in [5.74, 6) is 0. The van der Waals surface area contributed by atoms with Crippen molar-refractivity contribution in [3.63, 3.8) is 0 Å². The molecule has 0 aromatic rings. The summed E-state index contributed by atoms with van der Waals surface area (Å²) >= 11 is 0. The van der Waals surface area contributed by atoms with Crippen LogP contribution in [-0.4, -0.2) is 34.3 Å². The van der Waals surface area contributed by atoms with Gasteiger partial charge in [-0.3, -0.25) is 0 Å². The Morgan fingerprint density at radius 2 is 0.889 bits per heavy atom. The van der Waals surface area contributed by atoms with Gasteiger partial charge in [-0.25, -0.2) is 0 Å². The van der Waals surface area contributed by atoms with Gasteiger partial charge in [0.15, 0.2) is 0 Å². The molecule has 0 aliphatic rings. The van der Waals surface area contributed by atoms with E-state index >= 15 is 0 Å². The summed E-state index contributed by atoms with van der Waals surface area (Å²) in [5, 5.41) is 21.6. The maximum Gasteiger partial charge on any atom is 2.00 e. The van der Waals surface area contributed by atoms with E-state index in [1.165, 1.54) is 27.7 Å². The van der Waals surface area contributed by atoms with E-state index in [2.05, 4.69) is 0 Å². The summed E-state index contributed by atoms with van der Waals surface area (Å²) in [4.78, 5) is 0. The zero-order chi connectivity index (χ0) is 7.00. The van der Waals surface area contributed by atoms with E-state index in [0.29, 0.717) is 0 Å². The van der Waals surface area contributed by atoms with Crippen LogP contribution in [0.5, 0.6) is 0 Å². The van der Waals surface area contributed by atoms with Gasteiger partial charge in [0.1, 0.15) is 0 Å². The average Bonchev–Trinajstić information content (AvgIpc) is 1.25. The van der Waals surface area contributed by atoms with Crippen LogP contribution in [0.3, 0.4) is 0 Å². The summed E-state index contributed by atoms with van der Waals surface area (Å²) in [5.41, 5.74) is -2.74. The Balaban J connectivity index is 0. The van der Waals surface area contributed by atoms with Gasteiger partial charge < -0.3 is 10.2 Å². The molecule has 9 heavy (non-hydrogen) atoms. The molecule has 0 saturated heterocycles. The molecule has 0 atom stereocenters. The zero-order valence-corrected chi connectivity index (χ0v) is 7.94. The van der Waals surface area contributed by atoms with Gasteiger partial charge in [0.25, 0.3) is 0 Å². The van der Waals surface area contributed by atoms with Crippen molar-refractivity contribution in [3.8, 4) is 0 Å². The maximum absolute atomic E-state index is 10.8. The maximum atomic E-state index is 10.8. The van der Waals surface area contributed by atoms with Crippen LogP contribution in [0.25, 0.3) is 0 Å². The van der Waals surface area contributed by atoms with E-state index in [1.54, 1.807) is 0 Å². The molecule has 0 heterocycles. The van der Waals surface area contributed by atoms with Crippen molar-refractivity contribution in [2.75, 3.05) is 0 Å². The van der Waals surface area contributed by atoms with E-state index in [-0.39, 0.29) is 23.1 Å². The molecule has 0 aliphatic carbocycles. The number of rotatable bonds is 1. The molecule has 0 spiro atoms.